The lowest BCUT2D eigenvalue weighted by Crippen LogP contribution is -2.02. The summed E-state index contributed by atoms with van der Waals surface area (Å²) in [5, 5.41) is 3.14. The number of imidazole rings is 1. The number of alkyl halides is 2. The molecule has 2 rings (SSSR count). The van der Waals surface area contributed by atoms with E-state index >= 15 is 0 Å². The zero-order chi connectivity index (χ0) is 13.0. The minimum Gasteiger partial charge on any atom is -0.435 e. The molecule has 0 radical (unpaired) electrons. The molecule has 0 saturated heterocycles. The Morgan fingerprint density at radius 1 is 1.33 bits per heavy atom. The van der Waals surface area contributed by atoms with Crippen molar-refractivity contribution in [1.82, 2.24) is 9.97 Å². The average molecular weight is 253 g/mol. The molecule has 0 aliphatic carbocycles. The number of ether oxygens (including phenoxy) is 1. The SMILES string of the molecule is Cc1ncc(CNc2ccc(OC(F)F)cc2)[nH]1. The van der Waals surface area contributed by atoms with Crippen LogP contribution in [0.4, 0.5) is 14.5 Å². The number of aromatic amines is 1. The highest BCUT2D eigenvalue weighted by atomic mass is 19.3. The number of hydrogen-bond donors (Lipinski definition) is 2. The van der Waals surface area contributed by atoms with E-state index in [1.807, 2.05) is 6.92 Å². The lowest BCUT2D eigenvalue weighted by Gasteiger charge is -2.07. The molecule has 0 saturated carbocycles. The second-order valence-corrected chi connectivity index (χ2v) is 3.75. The molecule has 1 aromatic heterocycles. The lowest BCUT2D eigenvalue weighted by molar-refractivity contribution is -0.0498. The van der Waals surface area contributed by atoms with Crippen molar-refractivity contribution in [2.45, 2.75) is 20.1 Å². The normalized spacial score (nSPS) is 10.7. The van der Waals surface area contributed by atoms with Crippen LogP contribution < -0.4 is 10.1 Å². The highest BCUT2D eigenvalue weighted by Gasteiger charge is 2.03. The first-order valence-electron chi connectivity index (χ1n) is 5.43. The number of H-pyrrole nitrogens is 1. The van der Waals surface area contributed by atoms with Gasteiger partial charge < -0.3 is 15.0 Å². The van der Waals surface area contributed by atoms with E-state index in [9.17, 15) is 8.78 Å². The molecule has 18 heavy (non-hydrogen) atoms. The summed E-state index contributed by atoms with van der Waals surface area (Å²) < 4.78 is 28.1. The van der Waals surface area contributed by atoms with Crippen molar-refractivity contribution in [3.8, 4) is 5.75 Å². The standard InChI is InChI=1S/C12H13F2N3O/c1-8-15-6-10(17-8)7-16-9-2-4-11(5-3-9)18-12(13)14/h2-6,12,16H,7H2,1H3,(H,15,17). The van der Waals surface area contributed by atoms with Crippen LogP contribution in [0.2, 0.25) is 0 Å². The molecule has 6 heteroatoms. The Balaban J connectivity index is 1.90. The van der Waals surface area contributed by atoms with Gasteiger partial charge in [0.15, 0.2) is 0 Å². The summed E-state index contributed by atoms with van der Waals surface area (Å²) in [5.74, 6) is 1.00. The largest absolute Gasteiger partial charge is 0.435 e. The maximum atomic E-state index is 11.9. The molecule has 0 atom stereocenters. The molecule has 2 N–H and O–H groups in total. The van der Waals surface area contributed by atoms with Gasteiger partial charge in [-0.05, 0) is 31.2 Å². The van der Waals surface area contributed by atoms with Gasteiger partial charge in [0.2, 0.25) is 0 Å². The van der Waals surface area contributed by atoms with Gasteiger partial charge in [0.05, 0.1) is 18.4 Å². The number of nitrogens with zero attached hydrogens (tertiary/aromatic N) is 1. The molecule has 0 spiro atoms. The maximum absolute atomic E-state index is 11.9. The Kier molecular flexibility index (Phi) is 3.76. The Labute approximate surface area is 103 Å². The highest BCUT2D eigenvalue weighted by Crippen LogP contribution is 2.18. The van der Waals surface area contributed by atoms with Crippen LogP contribution >= 0.6 is 0 Å². The van der Waals surface area contributed by atoms with Crippen molar-refractivity contribution in [1.29, 1.82) is 0 Å². The molecule has 2 aromatic rings. The molecule has 96 valence electrons. The minimum absolute atomic E-state index is 0.146. The van der Waals surface area contributed by atoms with Crippen molar-refractivity contribution >= 4 is 5.69 Å². The number of halogens is 2. The molecule has 0 bridgehead atoms. The lowest BCUT2D eigenvalue weighted by atomic mass is 10.3. The van der Waals surface area contributed by atoms with Crippen molar-refractivity contribution < 1.29 is 13.5 Å². The number of hydrogen-bond acceptors (Lipinski definition) is 3. The smallest absolute Gasteiger partial charge is 0.387 e. The number of anilines is 1. The van der Waals surface area contributed by atoms with E-state index in [1.54, 1.807) is 18.3 Å². The quantitative estimate of drug-likeness (QED) is 0.861. The van der Waals surface area contributed by atoms with Crippen LogP contribution in [0.3, 0.4) is 0 Å². The average Bonchev–Trinajstić information content (AvgIpc) is 2.74. The van der Waals surface area contributed by atoms with E-state index in [4.69, 9.17) is 0 Å². The van der Waals surface area contributed by atoms with Gasteiger partial charge in [0.25, 0.3) is 0 Å². The second-order valence-electron chi connectivity index (χ2n) is 3.75. The second kappa shape index (κ2) is 5.48. The predicted molar refractivity (Wildman–Crippen MR) is 63.7 cm³/mol. The van der Waals surface area contributed by atoms with E-state index in [0.29, 0.717) is 6.54 Å². The van der Waals surface area contributed by atoms with Gasteiger partial charge in [-0.3, -0.25) is 0 Å². The molecule has 0 fully saturated rings. The molecule has 4 nitrogen and oxygen atoms in total. The molecule has 0 aliphatic rings. The number of aromatic nitrogens is 2. The van der Waals surface area contributed by atoms with Crippen LogP contribution in [0, 0.1) is 6.92 Å². The molecule has 0 aliphatic heterocycles. The monoisotopic (exact) mass is 253 g/mol. The molecular formula is C12H13F2N3O. The fourth-order valence-electron chi connectivity index (χ4n) is 1.51. The van der Waals surface area contributed by atoms with Gasteiger partial charge in [-0.25, -0.2) is 4.98 Å². The van der Waals surface area contributed by atoms with Crippen molar-refractivity contribution in [2.75, 3.05) is 5.32 Å². The van der Waals surface area contributed by atoms with Crippen molar-refractivity contribution in [3.05, 3.63) is 42.0 Å². The van der Waals surface area contributed by atoms with Gasteiger partial charge in [-0.15, -0.1) is 0 Å². The first-order valence-corrected chi connectivity index (χ1v) is 5.43. The number of aryl methyl sites for hydroxylation is 1. The van der Waals surface area contributed by atoms with Crippen LogP contribution in [-0.4, -0.2) is 16.6 Å². The van der Waals surface area contributed by atoms with E-state index in [-0.39, 0.29) is 5.75 Å². The van der Waals surface area contributed by atoms with Gasteiger partial charge in [0.1, 0.15) is 11.6 Å². The fraction of sp³-hybridized carbons (Fsp3) is 0.250. The van der Waals surface area contributed by atoms with E-state index < -0.39 is 6.61 Å². The number of nitrogens with one attached hydrogen (secondary N) is 2. The van der Waals surface area contributed by atoms with Crippen LogP contribution in [0.25, 0.3) is 0 Å². The zero-order valence-electron chi connectivity index (χ0n) is 9.78. The summed E-state index contributed by atoms with van der Waals surface area (Å²) in [6.07, 6.45) is 1.75. The Morgan fingerprint density at radius 2 is 2.06 bits per heavy atom. The minimum atomic E-state index is -2.79. The summed E-state index contributed by atoms with van der Waals surface area (Å²) in [6.45, 7) is -0.327. The van der Waals surface area contributed by atoms with Gasteiger partial charge in [0, 0.05) is 5.69 Å². The first-order chi connectivity index (χ1) is 8.63. The molecule has 1 heterocycles. The van der Waals surface area contributed by atoms with E-state index in [2.05, 4.69) is 20.0 Å². The third-order valence-corrected chi connectivity index (χ3v) is 2.32. The third-order valence-electron chi connectivity index (χ3n) is 2.32. The fourth-order valence-corrected chi connectivity index (χ4v) is 1.51. The Morgan fingerprint density at radius 3 is 2.61 bits per heavy atom. The summed E-state index contributed by atoms with van der Waals surface area (Å²) >= 11 is 0. The molecular weight excluding hydrogens is 240 g/mol. The Bertz CT molecular complexity index is 496. The first kappa shape index (κ1) is 12.3. The zero-order valence-corrected chi connectivity index (χ0v) is 9.78. The summed E-state index contributed by atoms with van der Waals surface area (Å²) in [6, 6.07) is 6.35. The molecule has 1 aromatic carbocycles. The summed E-state index contributed by atoms with van der Waals surface area (Å²) in [5.41, 5.74) is 1.78. The molecule has 0 amide bonds. The maximum Gasteiger partial charge on any atom is 0.387 e. The van der Waals surface area contributed by atoms with E-state index in [0.717, 1.165) is 17.2 Å². The van der Waals surface area contributed by atoms with Crippen LogP contribution in [0.5, 0.6) is 5.75 Å². The van der Waals surface area contributed by atoms with Gasteiger partial charge in [-0.1, -0.05) is 0 Å². The van der Waals surface area contributed by atoms with E-state index in [1.165, 1.54) is 12.1 Å². The van der Waals surface area contributed by atoms with Crippen LogP contribution in [0.15, 0.2) is 30.5 Å². The summed E-state index contributed by atoms with van der Waals surface area (Å²) in [7, 11) is 0. The number of benzene rings is 1. The van der Waals surface area contributed by atoms with Crippen molar-refractivity contribution in [3.63, 3.8) is 0 Å². The third kappa shape index (κ3) is 3.44. The Hall–Kier alpha value is -2.11. The van der Waals surface area contributed by atoms with Crippen LogP contribution in [0.1, 0.15) is 11.5 Å². The van der Waals surface area contributed by atoms with Gasteiger partial charge >= 0.3 is 6.61 Å². The predicted octanol–water partition coefficient (Wildman–Crippen LogP) is 2.93. The summed E-state index contributed by atoms with van der Waals surface area (Å²) in [4.78, 5) is 7.16. The number of rotatable bonds is 5. The van der Waals surface area contributed by atoms with Crippen molar-refractivity contribution in [2.24, 2.45) is 0 Å². The molecule has 0 unspecified atom stereocenters. The topological polar surface area (TPSA) is 49.9 Å². The van der Waals surface area contributed by atoms with Gasteiger partial charge in [-0.2, -0.15) is 8.78 Å². The highest BCUT2D eigenvalue weighted by molar-refractivity contribution is 5.46. The van der Waals surface area contributed by atoms with Crippen LogP contribution in [-0.2, 0) is 6.54 Å².